The van der Waals surface area contributed by atoms with Crippen molar-refractivity contribution in [1.29, 1.82) is 0 Å². The molecule has 2 aromatic carbocycles. The average Bonchev–Trinajstić information content (AvgIpc) is 2.42. The summed E-state index contributed by atoms with van der Waals surface area (Å²) in [5, 5.41) is 13.8. The Morgan fingerprint density at radius 3 is 2.39 bits per heavy atom. The van der Waals surface area contributed by atoms with Gasteiger partial charge in [0.15, 0.2) is 0 Å². The molecule has 0 bridgehead atoms. The van der Waals surface area contributed by atoms with Gasteiger partial charge in [0.1, 0.15) is 0 Å². The molecule has 0 spiro atoms. The third-order valence-corrected chi connectivity index (χ3v) is 4.90. The monoisotopic (exact) mass is 325 g/mol. The van der Waals surface area contributed by atoms with Crippen LogP contribution in [0.25, 0.3) is 0 Å². The van der Waals surface area contributed by atoms with Crippen molar-refractivity contribution in [1.82, 2.24) is 0 Å². The SMILES string of the molecule is O/N=C(\C[Se]c1ccccc1)c1ccccc1Cl. The van der Waals surface area contributed by atoms with E-state index in [1.54, 1.807) is 6.07 Å². The third kappa shape index (κ3) is 3.36. The molecule has 2 rings (SSSR count). The maximum atomic E-state index is 9.12. The molecule has 0 aliphatic heterocycles. The summed E-state index contributed by atoms with van der Waals surface area (Å²) < 4.78 is 1.28. The Balaban J connectivity index is 2.10. The molecule has 0 fully saturated rings. The van der Waals surface area contributed by atoms with Crippen LogP contribution in [0, 0.1) is 0 Å². The summed E-state index contributed by atoms with van der Waals surface area (Å²) in [6.07, 6.45) is 0. The fourth-order valence-electron chi connectivity index (χ4n) is 1.52. The van der Waals surface area contributed by atoms with Crippen molar-refractivity contribution in [3.63, 3.8) is 0 Å². The quantitative estimate of drug-likeness (QED) is 0.399. The number of rotatable bonds is 4. The first-order valence-corrected chi connectivity index (χ1v) is 7.89. The second kappa shape index (κ2) is 6.60. The van der Waals surface area contributed by atoms with E-state index in [1.165, 1.54) is 4.46 Å². The zero-order valence-corrected chi connectivity index (χ0v) is 12.1. The Hall–Kier alpha value is -1.28. The molecule has 0 heterocycles. The molecule has 0 radical (unpaired) electrons. The van der Waals surface area contributed by atoms with Crippen molar-refractivity contribution < 1.29 is 5.21 Å². The summed E-state index contributed by atoms with van der Waals surface area (Å²) in [4.78, 5) is 0. The van der Waals surface area contributed by atoms with Crippen molar-refractivity contribution in [3.05, 3.63) is 65.2 Å². The normalized spacial score (nSPS) is 11.5. The van der Waals surface area contributed by atoms with E-state index in [9.17, 15) is 0 Å². The maximum absolute atomic E-state index is 9.12. The van der Waals surface area contributed by atoms with Crippen LogP contribution in [0.1, 0.15) is 5.56 Å². The zero-order valence-electron chi connectivity index (χ0n) is 9.58. The Bertz CT molecular complexity index is 543. The van der Waals surface area contributed by atoms with Gasteiger partial charge >= 0.3 is 118 Å². The Labute approximate surface area is 117 Å². The van der Waals surface area contributed by atoms with Gasteiger partial charge in [-0.05, 0) is 0 Å². The molecular weight excluding hydrogens is 313 g/mol. The Morgan fingerprint density at radius 1 is 1.06 bits per heavy atom. The molecule has 0 aromatic heterocycles. The second-order valence-electron chi connectivity index (χ2n) is 3.63. The molecule has 0 aliphatic rings. The van der Waals surface area contributed by atoms with Crippen molar-refractivity contribution in [2.75, 3.05) is 0 Å². The van der Waals surface area contributed by atoms with Crippen LogP contribution in [0.2, 0.25) is 10.3 Å². The van der Waals surface area contributed by atoms with Gasteiger partial charge in [-0.25, -0.2) is 0 Å². The van der Waals surface area contributed by atoms with Gasteiger partial charge in [-0.3, -0.25) is 0 Å². The molecular formula is C14H12ClNOSe. The van der Waals surface area contributed by atoms with Gasteiger partial charge < -0.3 is 0 Å². The number of hydrogen-bond acceptors (Lipinski definition) is 2. The topological polar surface area (TPSA) is 32.6 Å². The molecule has 0 aliphatic carbocycles. The second-order valence-corrected chi connectivity index (χ2v) is 6.24. The van der Waals surface area contributed by atoms with Crippen LogP contribution in [-0.4, -0.2) is 25.9 Å². The van der Waals surface area contributed by atoms with Crippen LogP contribution in [0.15, 0.2) is 59.8 Å². The Morgan fingerprint density at radius 2 is 1.72 bits per heavy atom. The molecule has 1 N–H and O–H groups in total. The van der Waals surface area contributed by atoms with E-state index in [-0.39, 0.29) is 15.0 Å². The van der Waals surface area contributed by atoms with Crippen LogP contribution in [-0.2, 0) is 0 Å². The number of halogens is 1. The fraction of sp³-hybridized carbons (Fsp3) is 0.0714. The fourth-order valence-corrected chi connectivity index (χ4v) is 3.59. The van der Waals surface area contributed by atoms with E-state index in [0.29, 0.717) is 10.7 Å². The van der Waals surface area contributed by atoms with Crippen LogP contribution in [0.4, 0.5) is 0 Å². The van der Waals surface area contributed by atoms with Crippen LogP contribution in [0.3, 0.4) is 0 Å². The standard InChI is InChI=1S/C14H12ClNOSe/c15-13-9-5-4-8-12(13)14(16-17)10-18-11-6-2-1-3-7-11/h1-9,17H,10H2/b16-14+. The van der Waals surface area contributed by atoms with Crippen LogP contribution < -0.4 is 4.46 Å². The molecule has 18 heavy (non-hydrogen) atoms. The number of nitrogens with zero attached hydrogens (tertiary/aromatic N) is 1. The molecule has 2 nitrogen and oxygen atoms in total. The Kier molecular flexibility index (Phi) is 4.82. The van der Waals surface area contributed by atoms with Gasteiger partial charge in [0.25, 0.3) is 0 Å². The first-order chi connectivity index (χ1) is 8.81. The van der Waals surface area contributed by atoms with E-state index in [0.717, 1.165) is 10.9 Å². The summed E-state index contributed by atoms with van der Waals surface area (Å²) >= 11 is 6.33. The number of benzene rings is 2. The molecule has 2 aromatic rings. The summed E-state index contributed by atoms with van der Waals surface area (Å²) in [6, 6.07) is 17.6. The average molecular weight is 325 g/mol. The van der Waals surface area contributed by atoms with Crippen LogP contribution >= 0.6 is 11.6 Å². The van der Waals surface area contributed by atoms with E-state index >= 15 is 0 Å². The summed E-state index contributed by atoms with van der Waals surface area (Å²) in [5.74, 6) is 0. The van der Waals surface area contributed by atoms with E-state index in [2.05, 4.69) is 17.3 Å². The molecule has 0 saturated carbocycles. The summed E-state index contributed by atoms with van der Waals surface area (Å²) in [5.41, 5.74) is 1.45. The molecule has 0 atom stereocenters. The van der Waals surface area contributed by atoms with Crippen molar-refractivity contribution in [2.45, 2.75) is 5.32 Å². The molecule has 92 valence electrons. The molecule has 4 heteroatoms. The van der Waals surface area contributed by atoms with E-state index in [1.807, 2.05) is 36.4 Å². The van der Waals surface area contributed by atoms with Crippen molar-refractivity contribution in [3.8, 4) is 0 Å². The first-order valence-electron chi connectivity index (χ1n) is 5.45. The minimum atomic E-state index is 0.238. The number of oxime groups is 1. The molecule has 0 saturated heterocycles. The van der Waals surface area contributed by atoms with Gasteiger partial charge in [-0.15, -0.1) is 0 Å². The van der Waals surface area contributed by atoms with Crippen molar-refractivity contribution >= 4 is 36.7 Å². The van der Waals surface area contributed by atoms with E-state index in [4.69, 9.17) is 16.8 Å². The molecule has 0 amide bonds. The van der Waals surface area contributed by atoms with Gasteiger partial charge in [-0.1, -0.05) is 0 Å². The first kappa shape index (κ1) is 13.2. The predicted octanol–water partition coefficient (Wildman–Crippen LogP) is 2.97. The van der Waals surface area contributed by atoms with Gasteiger partial charge in [0.2, 0.25) is 0 Å². The van der Waals surface area contributed by atoms with Gasteiger partial charge in [0.05, 0.1) is 0 Å². The minimum absolute atomic E-state index is 0.238. The summed E-state index contributed by atoms with van der Waals surface area (Å²) in [6.45, 7) is 0. The third-order valence-electron chi connectivity index (χ3n) is 2.42. The van der Waals surface area contributed by atoms with Gasteiger partial charge in [-0.2, -0.15) is 0 Å². The number of hydrogen-bond donors (Lipinski definition) is 1. The van der Waals surface area contributed by atoms with Gasteiger partial charge in [0, 0.05) is 0 Å². The summed E-state index contributed by atoms with van der Waals surface area (Å²) in [7, 11) is 0. The zero-order chi connectivity index (χ0) is 12.8. The molecule has 0 unspecified atom stereocenters. The van der Waals surface area contributed by atoms with Crippen LogP contribution in [0.5, 0.6) is 0 Å². The van der Waals surface area contributed by atoms with E-state index < -0.39 is 0 Å². The predicted molar refractivity (Wildman–Crippen MR) is 76.4 cm³/mol. The van der Waals surface area contributed by atoms with Crippen molar-refractivity contribution in [2.24, 2.45) is 5.16 Å².